The van der Waals surface area contributed by atoms with Crippen LogP contribution in [0.25, 0.3) is 0 Å². The smallest absolute Gasteiger partial charge is 0.309 e. The van der Waals surface area contributed by atoms with Crippen molar-refractivity contribution in [2.75, 3.05) is 0 Å². The maximum absolute atomic E-state index is 11.0. The molecule has 0 bridgehead atoms. The number of aryl methyl sites for hydroxylation is 3. The summed E-state index contributed by atoms with van der Waals surface area (Å²) in [4.78, 5) is 11.0. The summed E-state index contributed by atoms with van der Waals surface area (Å²) in [6.07, 6.45) is 1.46. The highest BCUT2D eigenvalue weighted by atomic mass is 79.9. The van der Waals surface area contributed by atoms with Crippen LogP contribution < -0.4 is 0 Å². The molecule has 2 nitrogen and oxygen atoms in total. The van der Waals surface area contributed by atoms with Crippen LogP contribution in [0.4, 0.5) is 0 Å². The molecule has 0 radical (unpaired) electrons. The van der Waals surface area contributed by atoms with Gasteiger partial charge in [-0.25, -0.2) is 0 Å². The largest absolute Gasteiger partial charge is 0.481 e. The summed E-state index contributed by atoms with van der Waals surface area (Å²) in [6.45, 7) is 7.66. The van der Waals surface area contributed by atoms with E-state index in [9.17, 15) is 4.79 Å². The second kappa shape index (κ2) is 5.21. The lowest BCUT2D eigenvalue weighted by Gasteiger charge is -2.19. The Labute approximate surface area is 111 Å². The van der Waals surface area contributed by atoms with Crippen LogP contribution >= 0.6 is 15.9 Å². The van der Waals surface area contributed by atoms with E-state index in [2.05, 4.69) is 41.9 Å². The Balaban J connectivity index is 2.83. The molecule has 0 aliphatic rings. The second-order valence-electron chi connectivity index (χ2n) is 5.22. The minimum absolute atomic E-state index is 0.657. The highest BCUT2D eigenvalue weighted by molar-refractivity contribution is 9.10. The Hall–Kier alpha value is -0.830. The lowest BCUT2D eigenvalue weighted by atomic mass is 9.85. The Morgan fingerprint density at radius 1 is 1.29 bits per heavy atom. The van der Waals surface area contributed by atoms with Gasteiger partial charge < -0.3 is 5.11 Å². The molecule has 94 valence electrons. The van der Waals surface area contributed by atoms with E-state index < -0.39 is 11.4 Å². The Morgan fingerprint density at radius 3 is 2.41 bits per heavy atom. The minimum Gasteiger partial charge on any atom is -0.481 e. The monoisotopic (exact) mass is 298 g/mol. The van der Waals surface area contributed by atoms with E-state index in [0.29, 0.717) is 6.42 Å². The van der Waals surface area contributed by atoms with Crippen LogP contribution in [0, 0.1) is 19.3 Å². The lowest BCUT2D eigenvalue weighted by molar-refractivity contribution is -0.147. The summed E-state index contributed by atoms with van der Waals surface area (Å²) in [7, 11) is 0. The molecule has 0 unspecified atom stereocenters. The number of carboxylic acids is 1. The van der Waals surface area contributed by atoms with Gasteiger partial charge in [0.15, 0.2) is 0 Å². The quantitative estimate of drug-likeness (QED) is 0.908. The van der Waals surface area contributed by atoms with E-state index in [4.69, 9.17) is 5.11 Å². The number of carboxylic acid groups (broad SMARTS) is 1. The molecule has 0 atom stereocenters. The van der Waals surface area contributed by atoms with Crippen LogP contribution in [0.1, 0.15) is 37.0 Å². The number of hydrogen-bond donors (Lipinski definition) is 1. The second-order valence-corrected chi connectivity index (χ2v) is 6.07. The first-order valence-corrected chi connectivity index (χ1v) is 6.52. The molecule has 0 heterocycles. The van der Waals surface area contributed by atoms with Crippen LogP contribution in [-0.4, -0.2) is 11.1 Å². The van der Waals surface area contributed by atoms with Gasteiger partial charge in [-0.3, -0.25) is 4.79 Å². The topological polar surface area (TPSA) is 37.3 Å². The van der Waals surface area contributed by atoms with Gasteiger partial charge in [0.05, 0.1) is 5.41 Å². The van der Waals surface area contributed by atoms with Crippen LogP contribution in [-0.2, 0) is 11.2 Å². The zero-order valence-electron chi connectivity index (χ0n) is 10.8. The van der Waals surface area contributed by atoms with Crippen molar-refractivity contribution >= 4 is 21.9 Å². The van der Waals surface area contributed by atoms with Crippen molar-refractivity contribution in [3.8, 4) is 0 Å². The molecule has 0 fully saturated rings. The van der Waals surface area contributed by atoms with Crippen molar-refractivity contribution in [1.29, 1.82) is 0 Å². The highest BCUT2D eigenvalue weighted by Crippen LogP contribution is 2.27. The molecule has 0 saturated carbocycles. The van der Waals surface area contributed by atoms with Gasteiger partial charge in [0.1, 0.15) is 0 Å². The fourth-order valence-corrected chi connectivity index (χ4v) is 2.12. The SMILES string of the molecule is Cc1cc(CCC(C)(C)C(=O)O)c(C)cc1Br. The van der Waals surface area contributed by atoms with Gasteiger partial charge in [-0.05, 0) is 63.3 Å². The Kier molecular flexibility index (Phi) is 4.36. The van der Waals surface area contributed by atoms with Crippen molar-refractivity contribution in [3.05, 3.63) is 33.3 Å². The van der Waals surface area contributed by atoms with Gasteiger partial charge in [0.25, 0.3) is 0 Å². The van der Waals surface area contributed by atoms with E-state index in [1.165, 1.54) is 16.7 Å². The normalized spacial score (nSPS) is 11.6. The van der Waals surface area contributed by atoms with E-state index in [1.54, 1.807) is 13.8 Å². The van der Waals surface area contributed by atoms with Gasteiger partial charge in [-0.15, -0.1) is 0 Å². The fourth-order valence-electron chi connectivity index (χ4n) is 1.66. The predicted octanol–water partition coefficient (Wildman–Crippen LogP) is 4.11. The number of aliphatic carboxylic acids is 1. The average molecular weight is 299 g/mol. The number of halogens is 1. The standard InChI is InChI=1S/C14H19BrO2/c1-9-8-12(15)10(2)7-11(9)5-6-14(3,4)13(16)17/h7-8H,5-6H2,1-4H3,(H,16,17). The number of rotatable bonds is 4. The third-order valence-corrected chi connectivity index (χ3v) is 4.07. The third-order valence-electron chi connectivity index (χ3n) is 3.22. The molecule has 1 aromatic rings. The van der Waals surface area contributed by atoms with Crippen LogP contribution in [0.3, 0.4) is 0 Å². The summed E-state index contributed by atoms with van der Waals surface area (Å²) in [5.74, 6) is -0.732. The molecule has 17 heavy (non-hydrogen) atoms. The van der Waals surface area contributed by atoms with Crippen LogP contribution in [0.15, 0.2) is 16.6 Å². The number of benzene rings is 1. The molecule has 0 aliphatic carbocycles. The van der Waals surface area contributed by atoms with Crippen molar-refractivity contribution in [3.63, 3.8) is 0 Å². The molecule has 0 saturated heterocycles. The van der Waals surface area contributed by atoms with E-state index >= 15 is 0 Å². The van der Waals surface area contributed by atoms with Crippen molar-refractivity contribution in [2.24, 2.45) is 5.41 Å². The summed E-state index contributed by atoms with van der Waals surface area (Å²) in [5, 5.41) is 9.08. The van der Waals surface area contributed by atoms with Gasteiger partial charge in [0.2, 0.25) is 0 Å². The molecular formula is C14H19BrO2. The van der Waals surface area contributed by atoms with Crippen LogP contribution in [0.5, 0.6) is 0 Å². The van der Waals surface area contributed by atoms with Gasteiger partial charge in [-0.2, -0.15) is 0 Å². The van der Waals surface area contributed by atoms with Crippen molar-refractivity contribution in [2.45, 2.75) is 40.5 Å². The molecule has 0 aromatic heterocycles. The fraction of sp³-hybridized carbons (Fsp3) is 0.500. The van der Waals surface area contributed by atoms with E-state index in [1.807, 2.05) is 0 Å². The Morgan fingerprint density at radius 2 is 1.88 bits per heavy atom. The first kappa shape index (κ1) is 14.2. The molecular weight excluding hydrogens is 280 g/mol. The summed E-state index contributed by atoms with van der Waals surface area (Å²) in [6, 6.07) is 4.23. The molecule has 1 aromatic carbocycles. The van der Waals surface area contributed by atoms with Crippen molar-refractivity contribution < 1.29 is 9.90 Å². The average Bonchev–Trinajstić information content (AvgIpc) is 2.21. The van der Waals surface area contributed by atoms with Gasteiger partial charge in [-0.1, -0.05) is 22.0 Å². The maximum atomic E-state index is 11.0. The number of hydrogen-bond acceptors (Lipinski definition) is 1. The predicted molar refractivity (Wildman–Crippen MR) is 73.4 cm³/mol. The molecule has 1 N–H and O–H groups in total. The Bertz CT molecular complexity index is 436. The lowest BCUT2D eigenvalue weighted by Crippen LogP contribution is -2.24. The van der Waals surface area contributed by atoms with Crippen molar-refractivity contribution in [1.82, 2.24) is 0 Å². The molecule has 0 spiro atoms. The molecule has 0 amide bonds. The number of carbonyl (C=O) groups is 1. The molecule has 3 heteroatoms. The highest BCUT2D eigenvalue weighted by Gasteiger charge is 2.26. The molecule has 0 aliphatic heterocycles. The van der Waals surface area contributed by atoms with Gasteiger partial charge in [0, 0.05) is 4.47 Å². The zero-order valence-corrected chi connectivity index (χ0v) is 12.4. The van der Waals surface area contributed by atoms with E-state index in [-0.39, 0.29) is 0 Å². The molecule has 1 rings (SSSR count). The van der Waals surface area contributed by atoms with E-state index in [0.717, 1.165) is 10.9 Å². The summed E-state index contributed by atoms with van der Waals surface area (Å²) < 4.78 is 1.11. The van der Waals surface area contributed by atoms with Gasteiger partial charge >= 0.3 is 5.97 Å². The first-order chi connectivity index (χ1) is 7.74. The minimum atomic E-state index is -0.732. The summed E-state index contributed by atoms with van der Waals surface area (Å²) >= 11 is 3.50. The zero-order chi connectivity index (χ0) is 13.2. The maximum Gasteiger partial charge on any atom is 0.309 e. The van der Waals surface area contributed by atoms with Crippen LogP contribution in [0.2, 0.25) is 0 Å². The third kappa shape index (κ3) is 3.56. The summed E-state index contributed by atoms with van der Waals surface area (Å²) in [5.41, 5.74) is 2.98. The first-order valence-electron chi connectivity index (χ1n) is 5.73.